The molecule has 0 fully saturated rings. The molecule has 0 bridgehead atoms. The van der Waals surface area contributed by atoms with Crippen LogP contribution in [0.1, 0.15) is 30.9 Å². The molecule has 0 atom stereocenters. The minimum Gasteiger partial charge on any atom is -0.507 e. The number of pyridine rings is 1. The van der Waals surface area contributed by atoms with E-state index in [1.54, 1.807) is 6.07 Å². The molecular formula is C19H23N5OS. The molecule has 26 heavy (non-hydrogen) atoms. The number of hydrogen-bond donors (Lipinski definition) is 2. The van der Waals surface area contributed by atoms with Gasteiger partial charge in [-0.25, -0.2) is 4.98 Å². The minimum absolute atomic E-state index is 0.186. The van der Waals surface area contributed by atoms with Crippen molar-refractivity contribution in [2.45, 2.75) is 26.3 Å². The van der Waals surface area contributed by atoms with E-state index in [2.05, 4.69) is 29.0 Å². The summed E-state index contributed by atoms with van der Waals surface area (Å²) in [6, 6.07) is 9.59. The molecular weight excluding hydrogens is 346 g/mol. The fraction of sp³-hybridized carbons (Fsp3) is 0.316. The molecule has 0 aliphatic carbocycles. The second kappa shape index (κ2) is 7.29. The van der Waals surface area contributed by atoms with Crippen LogP contribution in [0.25, 0.3) is 11.4 Å². The van der Waals surface area contributed by atoms with Crippen molar-refractivity contribution >= 4 is 18.0 Å². The largest absolute Gasteiger partial charge is 0.507 e. The Morgan fingerprint density at radius 2 is 2.00 bits per heavy atom. The summed E-state index contributed by atoms with van der Waals surface area (Å²) in [5, 5.41) is 17.5. The molecule has 0 saturated carbocycles. The summed E-state index contributed by atoms with van der Waals surface area (Å²) >= 11 is 5.40. The van der Waals surface area contributed by atoms with Gasteiger partial charge in [0.1, 0.15) is 11.6 Å². The van der Waals surface area contributed by atoms with Crippen LogP contribution < -0.4 is 4.90 Å². The molecule has 1 aromatic carbocycles. The van der Waals surface area contributed by atoms with Gasteiger partial charge < -0.3 is 10.0 Å². The molecule has 2 aromatic heterocycles. The van der Waals surface area contributed by atoms with Gasteiger partial charge in [-0.05, 0) is 47.5 Å². The summed E-state index contributed by atoms with van der Waals surface area (Å²) < 4.78 is 2.38. The monoisotopic (exact) mass is 369 g/mol. The highest BCUT2D eigenvalue weighted by molar-refractivity contribution is 7.71. The Morgan fingerprint density at radius 1 is 1.23 bits per heavy atom. The molecule has 0 saturated heterocycles. The van der Waals surface area contributed by atoms with Gasteiger partial charge in [0.2, 0.25) is 0 Å². The smallest absolute Gasteiger partial charge is 0.195 e. The van der Waals surface area contributed by atoms with Gasteiger partial charge in [-0.3, -0.25) is 9.67 Å². The number of aromatic hydroxyl groups is 1. The number of phenolic OH excluding ortho intramolecular Hbond substituents is 1. The first-order chi connectivity index (χ1) is 12.4. The SMILES string of the molecule is CC(C)c1ccc(O)c(-c2n[nH]c(=S)n2Cc2ccc(N(C)C)nc2)c1. The average Bonchev–Trinajstić information content (AvgIpc) is 2.96. The third-order valence-electron chi connectivity index (χ3n) is 4.29. The average molecular weight is 369 g/mol. The van der Waals surface area contributed by atoms with E-state index in [-0.39, 0.29) is 5.75 Å². The number of nitrogens with zero attached hydrogens (tertiary/aromatic N) is 4. The molecule has 0 spiro atoms. The van der Waals surface area contributed by atoms with E-state index in [9.17, 15) is 5.11 Å². The fourth-order valence-electron chi connectivity index (χ4n) is 2.72. The normalized spacial score (nSPS) is 11.1. The Balaban J connectivity index is 2.00. The van der Waals surface area contributed by atoms with Crippen LogP contribution >= 0.6 is 12.2 Å². The summed E-state index contributed by atoms with van der Waals surface area (Å²) in [5.74, 6) is 2.05. The lowest BCUT2D eigenvalue weighted by atomic mass is 10.00. The lowest BCUT2D eigenvalue weighted by molar-refractivity contribution is 0.476. The van der Waals surface area contributed by atoms with Gasteiger partial charge in [0.15, 0.2) is 10.6 Å². The third kappa shape index (κ3) is 3.62. The topological polar surface area (TPSA) is 70.0 Å². The van der Waals surface area contributed by atoms with Gasteiger partial charge in [-0.2, -0.15) is 5.10 Å². The van der Waals surface area contributed by atoms with Crippen LogP contribution in [0.5, 0.6) is 5.75 Å². The van der Waals surface area contributed by atoms with Crippen LogP contribution in [0.3, 0.4) is 0 Å². The zero-order valence-electron chi connectivity index (χ0n) is 15.4. The number of nitrogens with one attached hydrogen (secondary N) is 1. The molecule has 2 heterocycles. The van der Waals surface area contributed by atoms with Crippen molar-refractivity contribution in [1.29, 1.82) is 0 Å². The molecule has 0 aliphatic rings. The molecule has 0 radical (unpaired) electrons. The molecule has 3 rings (SSSR count). The number of rotatable bonds is 5. The Morgan fingerprint density at radius 3 is 2.62 bits per heavy atom. The van der Waals surface area contributed by atoms with E-state index in [1.165, 1.54) is 0 Å². The van der Waals surface area contributed by atoms with Crippen LogP contribution in [0, 0.1) is 4.77 Å². The number of hydrogen-bond acceptors (Lipinski definition) is 5. The van der Waals surface area contributed by atoms with Crippen LogP contribution in [-0.4, -0.2) is 39.0 Å². The van der Waals surface area contributed by atoms with Crippen LogP contribution in [0.15, 0.2) is 36.5 Å². The summed E-state index contributed by atoms with van der Waals surface area (Å²) in [5.41, 5.74) is 2.81. The van der Waals surface area contributed by atoms with E-state index < -0.39 is 0 Å². The lowest BCUT2D eigenvalue weighted by Gasteiger charge is -2.13. The Bertz CT molecular complexity index is 957. The van der Waals surface area contributed by atoms with E-state index in [0.717, 1.165) is 16.9 Å². The van der Waals surface area contributed by atoms with Gasteiger partial charge in [0.25, 0.3) is 0 Å². The Hall–Kier alpha value is -2.67. The highest BCUT2D eigenvalue weighted by atomic mass is 32.1. The first-order valence-electron chi connectivity index (χ1n) is 8.47. The summed E-state index contributed by atoms with van der Waals surface area (Å²) in [4.78, 5) is 6.40. The predicted molar refractivity (Wildman–Crippen MR) is 106 cm³/mol. The minimum atomic E-state index is 0.186. The molecule has 0 amide bonds. The van der Waals surface area contributed by atoms with Crippen molar-refractivity contribution in [3.05, 3.63) is 52.4 Å². The highest BCUT2D eigenvalue weighted by Crippen LogP contribution is 2.31. The maximum atomic E-state index is 10.3. The molecule has 6 nitrogen and oxygen atoms in total. The van der Waals surface area contributed by atoms with E-state index in [4.69, 9.17) is 12.2 Å². The molecule has 7 heteroatoms. The van der Waals surface area contributed by atoms with Gasteiger partial charge in [-0.1, -0.05) is 26.0 Å². The summed E-state index contributed by atoms with van der Waals surface area (Å²) in [6.45, 7) is 4.76. The van der Waals surface area contributed by atoms with Gasteiger partial charge >= 0.3 is 0 Å². The molecule has 0 aliphatic heterocycles. The maximum Gasteiger partial charge on any atom is 0.195 e. The second-order valence-corrected chi connectivity index (χ2v) is 7.18. The zero-order chi connectivity index (χ0) is 18.8. The van der Waals surface area contributed by atoms with E-state index in [0.29, 0.717) is 28.6 Å². The van der Waals surface area contributed by atoms with Crippen molar-refractivity contribution in [2.24, 2.45) is 0 Å². The lowest BCUT2D eigenvalue weighted by Crippen LogP contribution is -2.11. The van der Waals surface area contributed by atoms with Crippen LogP contribution in [0.2, 0.25) is 0 Å². The number of H-pyrrole nitrogens is 1. The second-order valence-electron chi connectivity index (χ2n) is 6.79. The molecule has 3 aromatic rings. The fourth-order valence-corrected chi connectivity index (χ4v) is 2.92. The standard InChI is InChI=1S/C19H23N5OS/c1-12(2)14-6-7-16(25)15(9-14)18-21-22-19(26)24(18)11-13-5-8-17(20-10-13)23(3)4/h5-10,12,25H,11H2,1-4H3,(H,22,26). The van der Waals surface area contributed by atoms with Crippen molar-refractivity contribution in [3.63, 3.8) is 0 Å². The van der Waals surface area contributed by atoms with Crippen molar-refractivity contribution in [2.75, 3.05) is 19.0 Å². The van der Waals surface area contributed by atoms with Crippen LogP contribution in [-0.2, 0) is 6.54 Å². The van der Waals surface area contributed by atoms with Crippen molar-refractivity contribution < 1.29 is 5.11 Å². The first kappa shape index (κ1) is 18.1. The van der Waals surface area contributed by atoms with Crippen molar-refractivity contribution in [3.8, 4) is 17.1 Å². The zero-order valence-corrected chi connectivity index (χ0v) is 16.2. The quantitative estimate of drug-likeness (QED) is 0.667. The molecule has 136 valence electrons. The maximum absolute atomic E-state index is 10.3. The summed E-state index contributed by atoms with van der Waals surface area (Å²) in [7, 11) is 3.91. The van der Waals surface area contributed by atoms with Gasteiger partial charge in [-0.15, -0.1) is 0 Å². The number of aromatic nitrogens is 4. The van der Waals surface area contributed by atoms with E-state index in [1.807, 2.05) is 54.0 Å². The van der Waals surface area contributed by atoms with Crippen LogP contribution in [0.4, 0.5) is 5.82 Å². The van der Waals surface area contributed by atoms with Crippen molar-refractivity contribution in [1.82, 2.24) is 19.7 Å². The number of benzene rings is 1. The van der Waals surface area contributed by atoms with E-state index >= 15 is 0 Å². The Labute approximate surface area is 158 Å². The predicted octanol–water partition coefficient (Wildman–Crippen LogP) is 3.95. The third-order valence-corrected chi connectivity index (χ3v) is 4.61. The molecule has 2 N–H and O–H groups in total. The Kier molecular flexibility index (Phi) is 5.08. The summed E-state index contributed by atoms with van der Waals surface area (Å²) in [6.07, 6.45) is 1.83. The number of aromatic amines is 1. The van der Waals surface area contributed by atoms with Gasteiger partial charge in [0.05, 0.1) is 12.1 Å². The number of anilines is 1. The first-order valence-corrected chi connectivity index (χ1v) is 8.88. The number of phenols is 1. The highest BCUT2D eigenvalue weighted by Gasteiger charge is 2.15. The van der Waals surface area contributed by atoms with Gasteiger partial charge in [0, 0.05) is 20.3 Å². The molecule has 0 unspecified atom stereocenters.